The number of aliphatic hydroxyl groups is 1. The molecular formula is C8H14O2. The Kier molecular flexibility index (Phi) is 6.00. The number of unbranched alkanes of at least 4 members (excludes halogenated alkanes) is 1. The van der Waals surface area contributed by atoms with E-state index in [1.807, 2.05) is 6.11 Å². The summed E-state index contributed by atoms with van der Waals surface area (Å²) < 4.78 is 4.96. The lowest BCUT2D eigenvalue weighted by atomic mass is 10.2. The molecule has 0 bridgehead atoms. The molecule has 0 aliphatic carbocycles. The van der Waals surface area contributed by atoms with Crippen molar-refractivity contribution < 1.29 is 9.84 Å². The first-order chi connectivity index (χ1) is 4.85. The quantitative estimate of drug-likeness (QED) is 0.603. The van der Waals surface area contributed by atoms with E-state index in [1.165, 1.54) is 0 Å². The lowest BCUT2D eigenvalue weighted by Crippen LogP contribution is -2.06. The molecule has 0 aromatic rings. The van der Waals surface area contributed by atoms with E-state index in [4.69, 9.17) is 9.84 Å². The second-order valence-electron chi connectivity index (χ2n) is 2.12. The number of rotatable bonds is 4. The van der Waals surface area contributed by atoms with Crippen molar-refractivity contribution in [1.29, 1.82) is 0 Å². The van der Waals surface area contributed by atoms with Gasteiger partial charge in [0, 0.05) is 7.11 Å². The maximum Gasteiger partial charge on any atom is 0.121 e. The van der Waals surface area contributed by atoms with Gasteiger partial charge in [0.25, 0.3) is 0 Å². The third kappa shape index (κ3) is 4.22. The molecule has 0 amide bonds. The van der Waals surface area contributed by atoms with Crippen LogP contribution in [0.15, 0.2) is 0 Å². The first-order valence-electron chi connectivity index (χ1n) is 3.52. The molecule has 0 aliphatic rings. The number of hydrogen-bond acceptors (Lipinski definition) is 2. The largest absolute Gasteiger partial charge is 0.462 e. The lowest BCUT2D eigenvalue weighted by molar-refractivity contribution is 0.138. The van der Waals surface area contributed by atoms with Crippen molar-refractivity contribution in [3.8, 4) is 12.0 Å². The summed E-state index contributed by atoms with van der Waals surface area (Å²) in [5, 5.41) is 8.23. The van der Waals surface area contributed by atoms with Crippen LogP contribution in [0.1, 0.15) is 26.2 Å². The molecule has 0 aromatic heterocycles. The van der Waals surface area contributed by atoms with Crippen LogP contribution in [0, 0.1) is 12.0 Å². The molecule has 1 N–H and O–H groups in total. The molecule has 0 heterocycles. The molecule has 58 valence electrons. The highest BCUT2D eigenvalue weighted by molar-refractivity contribution is 4.98. The molecule has 0 aliphatic heterocycles. The minimum atomic E-state index is -0.0926. The van der Waals surface area contributed by atoms with E-state index < -0.39 is 0 Å². The Labute approximate surface area is 62.2 Å². The fraction of sp³-hybridized carbons (Fsp3) is 0.750. The van der Waals surface area contributed by atoms with E-state index in [0.717, 1.165) is 19.3 Å². The summed E-state index contributed by atoms with van der Waals surface area (Å²) in [5.41, 5.74) is 0. The van der Waals surface area contributed by atoms with Crippen molar-refractivity contribution >= 4 is 0 Å². The molecule has 1 unspecified atom stereocenters. The molecule has 0 spiro atoms. The van der Waals surface area contributed by atoms with Gasteiger partial charge in [-0.15, -0.1) is 0 Å². The summed E-state index contributed by atoms with van der Waals surface area (Å²) in [6, 6.07) is 0. The van der Waals surface area contributed by atoms with Gasteiger partial charge in [0.1, 0.15) is 12.2 Å². The molecule has 0 aromatic carbocycles. The molecule has 1 atom stereocenters. The van der Waals surface area contributed by atoms with Crippen LogP contribution in [0.4, 0.5) is 0 Å². The second kappa shape index (κ2) is 6.44. The van der Waals surface area contributed by atoms with Crippen molar-refractivity contribution in [2.45, 2.75) is 32.3 Å². The van der Waals surface area contributed by atoms with Crippen LogP contribution in [0.3, 0.4) is 0 Å². The van der Waals surface area contributed by atoms with Crippen LogP contribution in [0.5, 0.6) is 0 Å². The van der Waals surface area contributed by atoms with E-state index >= 15 is 0 Å². The van der Waals surface area contributed by atoms with E-state index in [0.29, 0.717) is 0 Å². The second-order valence-corrected chi connectivity index (χ2v) is 2.12. The molecule has 10 heavy (non-hydrogen) atoms. The summed E-state index contributed by atoms with van der Waals surface area (Å²) in [6.45, 7) is 2.11. The van der Waals surface area contributed by atoms with Crippen LogP contribution in [-0.4, -0.2) is 18.3 Å². The SMILES string of the molecule is CCCCC(C#CO)OC. The minimum Gasteiger partial charge on any atom is -0.462 e. The minimum absolute atomic E-state index is 0.0926. The van der Waals surface area contributed by atoms with E-state index in [2.05, 4.69) is 12.8 Å². The lowest BCUT2D eigenvalue weighted by Gasteiger charge is -2.05. The highest BCUT2D eigenvalue weighted by Gasteiger charge is 2.00. The number of methoxy groups -OCH3 is 1. The summed E-state index contributed by atoms with van der Waals surface area (Å²) in [4.78, 5) is 0. The van der Waals surface area contributed by atoms with Gasteiger partial charge in [0.2, 0.25) is 0 Å². The molecule has 0 rings (SSSR count). The van der Waals surface area contributed by atoms with E-state index in [1.54, 1.807) is 7.11 Å². The Morgan fingerprint density at radius 1 is 1.60 bits per heavy atom. The molecular weight excluding hydrogens is 128 g/mol. The van der Waals surface area contributed by atoms with Gasteiger partial charge in [-0.3, -0.25) is 0 Å². The van der Waals surface area contributed by atoms with Gasteiger partial charge in [-0.05, 0) is 12.3 Å². The third-order valence-corrected chi connectivity index (χ3v) is 1.33. The Bertz CT molecular complexity index is 121. The summed E-state index contributed by atoms with van der Waals surface area (Å²) >= 11 is 0. The van der Waals surface area contributed by atoms with Crippen molar-refractivity contribution in [2.75, 3.05) is 7.11 Å². The average Bonchev–Trinajstić information content (AvgIpc) is 1.98. The summed E-state index contributed by atoms with van der Waals surface area (Å²) in [7, 11) is 1.60. The zero-order valence-corrected chi connectivity index (χ0v) is 6.55. The highest BCUT2D eigenvalue weighted by atomic mass is 16.5. The van der Waals surface area contributed by atoms with Gasteiger partial charge < -0.3 is 9.84 Å². The van der Waals surface area contributed by atoms with Crippen molar-refractivity contribution in [2.24, 2.45) is 0 Å². The van der Waals surface area contributed by atoms with Gasteiger partial charge in [0.05, 0.1) is 0 Å². The number of ether oxygens (including phenoxy) is 1. The fourth-order valence-electron chi connectivity index (χ4n) is 0.710. The predicted molar refractivity (Wildman–Crippen MR) is 40.0 cm³/mol. The normalized spacial score (nSPS) is 11.8. The Balaban J connectivity index is 3.46. The molecule has 0 saturated carbocycles. The fourth-order valence-corrected chi connectivity index (χ4v) is 0.710. The molecule has 2 nitrogen and oxygen atoms in total. The molecule has 0 radical (unpaired) electrons. The van der Waals surface area contributed by atoms with E-state index in [9.17, 15) is 0 Å². The number of hydrogen-bond donors (Lipinski definition) is 1. The van der Waals surface area contributed by atoms with Gasteiger partial charge >= 0.3 is 0 Å². The van der Waals surface area contributed by atoms with Crippen LogP contribution in [0.2, 0.25) is 0 Å². The van der Waals surface area contributed by atoms with Gasteiger partial charge in [-0.1, -0.05) is 19.8 Å². The smallest absolute Gasteiger partial charge is 0.121 e. The van der Waals surface area contributed by atoms with Crippen molar-refractivity contribution in [3.05, 3.63) is 0 Å². The standard InChI is InChI=1S/C8H14O2/c1-3-4-5-8(10-2)6-7-9/h8-9H,3-5H2,1-2H3. The Hall–Kier alpha value is -0.680. The van der Waals surface area contributed by atoms with Gasteiger partial charge in [-0.25, -0.2) is 0 Å². The molecule has 0 fully saturated rings. The first-order valence-corrected chi connectivity index (χ1v) is 3.52. The predicted octanol–water partition coefficient (Wildman–Crippen LogP) is 1.52. The topological polar surface area (TPSA) is 29.5 Å². The van der Waals surface area contributed by atoms with Crippen molar-refractivity contribution in [3.63, 3.8) is 0 Å². The third-order valence-electron chi connectivity index (χ3n) is 1.33. The molecule has 2 heteroatoms. The highest BCUT2D eigenvalue weighted by Crippen LogP contribution is 2.01. The van der Waals surface area contributed by atoms with Crippen molar-refractivity contribution in [1.82, 2.24) is 0 Å². The van der Waals surface area contributed by atoms with Gasteiger partial charge in [0.15, 0.2) is 0 Å². The Morgan fingerprint density at radius 3 is 2.70 bits per heavy atom. The summed E-state index contributed by atoms with van der Waals surface area (Å²) in [6.07, 6.45) is 4.89. The number of aliphatic hydroxyl groups excluding tert-OH is 1. The van der Waals surface area contributed by atoms with Crippen LogP contribution in [0.25, 0.3) is 0 Å². The zero-order chi connectivity index (χ0) is 7.82. The first kappa shape index (κ1) is 9.32. The van der Waals surface area contributed by atoms with Crippen LogP contribution < -0.4 is 0 Å². The van der Waals surface area contributed by atoms with Crippen LogP contribution in [-0.2, 0) is 4.74 Å². The summed E-state index contributed by atoms with van der Waals surface area (Å²) in [5.74, 6) is 2.55. The Morgan fingerprint density at radius 2 is 2.30 bits per heavy atom. The maximum absolute atomic E-state index is 8.23. The van der Waals surface area contributed by atoms with E-state index in [-0.39, 0.29) is 6.10 Å². The monoisotopic (exact) mass is 142 g/mol. The maximum atomic E-state index is 8.23. The zero-order valence-electron chi connectivity index (χ0n) is 6.55. The molecule has 0 saturated heterocycles. The van der Waals surface area contributed by atoms with Crippen LogP contribution >= 0.6 is 0 Å². The van der Waals surface area contributed by atoms with Gasteiger partial charge in [-0.2, -0.15) is 0 Å². The average molecular weight is 142 g/mol.